The van der Waals surface area contributed by atoms with Crippen molar-refractivity contribution in [2.75, 3.05) is 5.32 Å². The average Bonchev–Trinajstić information content (AvgIpc) is 2.27. The van der Waals surface area contributed by atoms with E-state index in [1.54, 1.807) is 0 Å². The van der Waals surface area contributed by atoms with Crippen LogP contribution in [0.25, 0.3) is 0 Å². The largest absolute Gasteiger partial charge is 0.477 e. The van der Waals surface area contributed by atoms with E-state index in [2.05, 4.69) is 15.6 Å². The van der Waals surface area contributed by atoms with Crippen LogP contribution in [0.3, 0.4) is 0 Å². The van der Waals surface area contributed by atoms with Crippen molar-refractivity contribution in [1.29, 1.82) is 0 Å². The molecular weight excluding hydrogens is 234 g/mol. The molecule has 0 aliphatic heterocycles. The van der Waals surface area contributed by atoms with Gasteiger partial charge in [-0.25, -0.2) is 14.6 Å². The second-order valence-electron chi connectivity index (χ2n) is 4.73. The molecule has 0 radical (unpaired) electrons. The zero-order valence-corrected chi connectivity index (χ0v) is 10.1. The van der Waals surface area contributed by atoms with Crippen molar-refractivity contribution in [2.24, 2.45) is 0 Å². The molecular formula is C12H15N3O3. The van der Waals surface area contributed by atoms with Gasteiger partial charge in [0.1, 0.15) is 5.69 Å². The molecule has 2 rings (SSSR count). The highest BCUT2D eigenvalue weighted by Gasteiger charge is 2.33. The van der Waals surface area contributed by atoms with Gasteiger partial charge in [-0.05, 0) is 38.3 Å². The zero-order valence-electron chi connectivity index (χ0n) is 10.1. The number of carboxylic acid groups (broad SMARTS) is 1. The molecule has 0 unspecified atom stereocenters. The summed E-state index contributed by atoms with van der Waals surface area (Å²) in [6.07, 6.45) is 4.42. The standard InChI is InChI=1S/C12H15N3O3/c1-12(5-2-6-12)15-11(18)14-8-3-4-9(10(16)17)13-7-8/h3-4,7H,2,5-6H2,1H3,(H,16,17)(H2,14,15,18). The number of nitrogens with zero attached hydrogens (tertiary/aromatic N) is 1. The van der Waals surface area contributed by atoms with Crippen LogP contribution >= 0.6 is 0 Å². The zero-order chi connectivity index (χ0) is 13.2. The van der Waals surface area contributed by atoms with Crippen molar-refractivity contribution < 1.29 is 14.7 Å². The summed E-state index contributed by atoms with van der Waals surface area (Å²) in [7, 11) is 0. The summed E-state index contributed by atoms with van der Waals surface area (Å²) in [6, 6.07) is 2.57. The third-order valence-electron chi connectivity index (χ3n) is 3.11. The Balaban J connectivity index is 1.92. The van der Waals surface area contributed by atoms with Crippen LogP contribution in [0.2, 0.25) is 0 Å². The lowest BCUT2D eigenvalue weighted by molar-refractivity contribution is 0.0690. The number of amides is 2. The van der Waals surface area contributed by atoms with E-state index in [0.717, 1.165) is 19.3 Å². The number of hydrogen-bond donors (Lipinski definition) is 3. The maximum atomic E-state index is 11.7. The summed E-state index contributed by atoms with van der Waals surface area (Å²) in [5, 5.41) is 14.2. The molecule has 1 aliphatic carbocycles. The first-order chi connectivity index (χ1) is 8.48. The molecule has 0 atom stereocenters. The summed E-state index contributed by atoms with van der Waals surface area (Å²) in [4.78, 5) is 26.0. The van der Waals surface area contributed by atoms with Crippen molar-refractivity contribution in [3.8, 4) is 0 Å². The Morgan fingerprint density at radius 3 is 2.56 bits per heavy atom. The van der Waals surface area contributed by atoms with Crippen molar-refractivity contribution >= 4 is 17.7 Å². The Labute approximate surface area is 104 Å². The number of hydrogen-bond acceptors (Lipinski definition) is 3. The minimum absolute atomic E-state index is 0.0492. The number of anilines is 1. The van der Waals surface area contributed by atoms with E-state index in [4.69, 9.17) is 5.11 Å². The van der Waals surface area contributed by atoms with Gasteiger partial charge in [0, 0.05) is 5.54 Å². The SMILES string of the molecule is CC1(NC(=O)Nc2ccc(C(=O)O)nc2)CCC1. The first-order valence-corrected chi connectivity index (χ1v) is 5.77. The van der Waals surface area contributed by atoms with Crippen molar-refractivity contribution in [1.82, 2.24) is 10.3 Å². The molecule has 1 saturated carbocycles. The van der Waals surface area contributed by atoms with Crippen LogP contribution in [-0.4, -0.2) is 27.6 Å². The molecule has 96 valence electrons. The molecule has 0 saturated heterocycles. The molecule has 0 aromatic carbocycles. The molecule has 0 bridgehead atoms. The molecule has 1 aromatic heterocycles. The average molecular weight is 249 g/mol. The third-order valence-corrected chi connectivity index (χ3v) is 3.11. The van der Waals surface area contributed by atoms with Crippen molar-refractivity contribution in [3.05, 3.63) is 24.0 Å². The van der Waals surface area contributed by atoms with Gasteiger partial charge < -0.3 is 15.7 Å². The first kappa shape index (κ1) is 12.3. The van der Waals surface area contributed by atoms with Gasteiger partial charge in [0.05, 0.1) is 11.9 Å². The maximum absolute atomic E-state index is 11.7. The minimum atomic E-state index is -1.09. The number of urea groups is 1. The van der Waals surface area contributed by atoms with Crippen molar-refractivity contribution in [3.63, 3.8) is 0 Å². The molecule has 1 aromatic rings. The fourth-order valence-corrected chi connectivity index (χ4v) is 1.86. The van der Waals surface area contributed by atoms with Crippen LogP contribution in [0.4, 0.5) is 10.5 Å². The van der Waals surface area contributed by atoms with E-state index < -0.39 is 5.97 Å². The maximum Gasteiger partial charge on any atom is 0.354 e. The molecule has 1 aliphatic rings. The van der Waals surface area contributed by atoms with Gasteiger partial charge in [0.25, 0.3) is 0 Å². The summed E-state index contributed by atoms with van der Waals surface area (Å²) in [5.74, 6) is -1.09. The first-order valence-electron chi connectivity index (χ1n) is 5.77. The smallest absolute Gasteiger partial charge is 0.354 e. The van der Waals surface area contributed by atoms with Gasteiger partial charge in [-0.3, -0.25) is 0 Å². The van der Waals surface area contributed by atoms with Crippen LogP contribution in [0.15, 0.2) is 18.3 Å². The second kappa shape index (κ2) is 4.64. The lowest BCUT2D eigenvalue weighted by atomic mass is 9.79. The highest BCUT2D eigenvalue weighted by atomic mass is 16.4. The van der Waals surface area contributed by atoms with Crippen LogP contribution in [0, 0.1) is 0 Å². The van der Waals surface area contributed by atoms with Crippen LogP contribution < -0.4 is 10.6 Å². The fourth-order valence-electron chi connectivity index (χ4n) is 1.86. The highest BCUT2D eigenvalue weighted by Crippen LogP contribution is 2.30. The molecule has 0 spiro atoms. The number of aromatic carboxylic acids is 1. The highest BCUT2D eigenvalue weighted by molar-refractivity contribution is 5.90. The lowest BCUT2D eigenvalue weighted by Gasteiger charge is -2.38. The monoisotopic (exact) mass is 249 g/mol. The topological polar surface area (TPSA) is 91.3 Å². The predicted molar refractivity (Wildman–Crippen MR) is 65.6 cm³/mol. The number of pyridine rings is 1. The molecule has 1 heterocycles. The van der Waals surface area contributed by atoms with Gasteiger partial charge in [-0.2, -0.15) is 0 Å². The second-order valence-corrected chi connectivity index (χ2v) is 4.73. The molecule has 18 heavy (non-hydrogen) atoms. The van der Waals surface area contributed by atoms with E-state index in [0.29, 0.717) is 5.69 Å². The number of nitrogens with one attached hydrogen (secondary N) is 2. The van der Waals surface area contributed by atoms with Gasteiger partial charge in [-0.1, -0.05) is 0 Å². The van der Waals surface area contributed by atoms with Gasteiger partial charge in [-0.15, -0.1) is 0 Å². The van der Waals surface area contributed by atoms with E-state index in [1.165, 1.54) is 18.3 Å². The van der Waals surface area contributed by atoms with E-state index in [-0.39, 0.29) is 17.3 Å². The summed E-state index contributed by atoms with van der Waals surface area (Å²) in [5.41, 5.74) is 0.311. The van der Waals surface area contributed by atoms with Gasteiger partial charge >= 0.3 is 12.0 Å². The molecule has 1 fully saturated rings. The minimum Gasteiger partial charge on any atom is -0.477 e. The van der Waals surface area contributed by atoms with Crippen LogP contribution in [-0.2, 0) is 0 Å². The summed E-state index contributed by atoms with van der Waals surface area (Å²) >= 11 is 0. The van der Waals surface area contributed by atoms with Crippen molar-refractivity contribution in [2.45, 2.75) is 31.7 Å². The fraction of sp³-hybridized carbons (Fsp3) is 0.417. The Morgan fingerprint density at radius 2 is 2.11 bits per heavy atom. The number of carboxylic acids is 1. The number of carbonyl (C=O) groups is 2. The Bertz CT molecular complexity index is 466. The number of aromatic nitrogens is 1. The lowest BCUT2D eigenvalue weighted by Crippen LogP contribution is -2.52. The van der Waals surface area contributed by atoms with E-state index in [9.17, 15) is 9.59 Å². The summed E-state index contributed by atoms with van der Waals surface area (Å²) in [6.45, 7) is 2.00. The third kappa shape index (κ3) is 2.77. The number of carbonyl (C=O) groups excluding carboxylic acids is 1. The van der Waals surface area contributed by atoms with Gasteiger partial charge in [0.15, 0.2) is 0 Å². The Hall–Kier alpha value is -2.11. The Morgan fingerprint density at radius 1 is 1.39 bits per heavy atom. The van der Waals surface area contributed by atoms with Gasteiger partial charge in [0.2, 0.25) is 0 Å². The Kier molecular flexibility index (Phi) is 3.18. The molecule has 6 heteroatoms. The molecule has 2 amide bonds. The predicted octanol–water partition coefficient (Wildman–Crippen LogP) is 1.84. The van der Waals surface area contributed by atoms with E-state index in [1.807, 2.05) is 6.92 Å². The number of rotatable bonds is 3. The molecule has 6 nitrogen and oxygen atoms in total. The van der Waals surface area contributed by atoms with E-state index >= 15 is 0 Å². The van der Waals surface area contributed by atoms with Crippen LogP contribution in [0.1, 0.15) is 36.7 Å². The van der Waals surface area contributed by atoms with Crippen LogP contribution in [0.5, 0.6) is 0 Å². The summed E-state index contributed by atoms with van der Waals surface area (Å²) < 4.78 is 0. The molecule has 3 N–H and O–H groups in total. The normalized spacial score (nSPS) is 16.5. The quantitative estimate of drug-likeness (QED) is 0.762.